The van der Waals surface area contributed by atoms with E-state index in [0.29, 0.717) is 0 Å². The Bertz CT molecular complexity index is 782. The summed E-state index contributed by atoms with van der Waals surface area (Å²) in [7, 11) is 0. The summed E-state index contributed by atoms with van der Waals surface area (Å²) in [6.45, 7) is 12.0. The molecule has 1 aromatic rings. The van der Waals surface area contributed by atoms with Gasteiger partial charge in [0.15, 0.2) is 0 Å². The number of aromatic nitrogens is 1. The fourth-order valence-corrected chi connectivity index (χ4v) is 5.23. The van der Waals surface area contributed by atoms with Crippen molar-refractivity contribution < 1.29 is 19.1 Å². The maximum atomic E-state index is 12.9. The predicted octanol–water partition coefficient (Wildman–Crippen LogP) is 2.92. The fraction of sp³-hybridized carbons (Fsp3) is 0.700. The lowest BCUT2D eigenvalue weighted by molar-refractivity contribution is -0.134. The summed E-state index contributed by atoms with van der Waals surface area (Å²) >= 11 is 1.44. The van der Waals surface area contributed by atoms with Crippen molar-refractivity contribution in [1.29, 1.82) is 0 Å². The molecule has 0 aromatic carbocycles. The molecule has 2 heterocycles. The Labute approximate surface area is 175 Å². The Morgan fingerprint density at radius 1 is 1.17 bits per heavy atom. The maximum absolute atomic E-state index is 12.9. The van der Waals surface area contributed by atoms with E-state index in [0.717, 1.165) is 30.9 Å². The van der Waals surface area contributed by atoms with E-state index in [1.165, 1.54) is 11.3 Å². The van der Waals surface area contributed by atoms with Crippen molar-refractivity contribution in [3.8, 4) is 0 Å². The van der Waals surface area contributed by atoms with Gasteiger partial charge in [-0.1, -0.05) is 27.7 Å². The maximum Gasteiger partial charge on any atom is 0.426 e. The zero-order valence-electron chi connectivity index (χ0n) is 17.7. The Morgan fingerprint density at radius 2 is 1.79 bits per heavy atom. The lowest BCUT2D eigenvalue weighted by Gasteiger charge is -2.31. The van der Waals surface area contributed by atoms with E-state index in [4.69, 9.17) is 0 Å². The monoisotopic (exact) mass is 422 g/mol. The summed E-state index contributed by atoms with van der Waals surface area (Å²) in [5.41, 5.74) is 4.83. The van der Waals surface area contributed by atoms with Crippen LogP contribution in [0.1, 0.15) is 68.9 Å². The summed E-state index contributed by atoms with van der Waals surface area (Å²) in [4.78, 5) is 42.7. The van der Waals surface area contributed by atoms with E-state index < -0.39 is 12.0 Å². The normalized spacial score (nSPS) is 20.8. The number of thiazole rings is 1. The van der Waals surface area contributed by atoms with E-state index in [1.54, 1.807) is 12.3 Å². The first-order valence-corrected chi connectivity index (χ1v) is 10.9. The van der Waals surface area contributed by atoms with E-state index in [2.05, 4.69) is 48.3 Å². The zero-order valence-corrected chi connectivity index (χ0v) is 18.5. The van der Waals surface area contributed by atoms with Gasteiger partial charge in [-0.3, -0.25) is 15.0 Å². The highest BCUT2D eigenvalue weighted by Crippen LogP contribution is 2.68. The molecule has 0 radical (unpaired) electrons. The third-order valence-corrected chi connectivity index (χ3v) is 7.74. The minimum absolute atomic E-state index is 0.0517. The Kier molecular flexibility index (Phi) is 5.89. The Balaban J connectivity index is 1.51. The average molecular weight is 423 g/mol. The number of hydrazine groups is 1. The molecule has 2 N–H and O–H groups in total. The summed E-state index contributed by atoms with van der Waals surface area (Å²) in [6.07, 6.45) is 0.972. The van der Waals surface area contributed by atoms with Crippen molar-refractivity contribution >= 4 is 29.2 Å². The molecule has 160 valence electrons. The van der Waals surface area contributed by atoms with Crippen LogP contribution < -0.4 is 10.9 Å². The average Bonchev–Trinajstić information content (AvgIpc) is 3.01. The van der Waals surface area contributed by atoms with Crippen LogP contribution >= 0.6 is 11.3 Å². The minimum Gasteiger partial charge on any atom is -0.449 e. The van der Waals surface area contributed by atoms with Crippen molar-refractivity contribution in [2.75, 3.05) is 19.7 Å². The highest BCUT2D eigenvalue weighted by Gasteiger charge is 2.68. The van der Waals surface area contributed by atoms with Crippen LogP contribution in [0.5, 0.6) is 0 Å². The van der Waals surface area contributed by atoms with Gasteiger partial charge in [-0.15, -0.1) is 11.3 Å². The van der Waals surface area contributed by atoms with Crippen molar-refractivity contribution in [3.63, 3.8) is 0 Å². The van der Waals surface area contributed by atoms with Crippen LogP contribution in [0.15, 0.2) is 5.38 Å². The van der Waals surface area contributed by atoms with Crippen LogP contribution in [0.3, 0.4) is 0 Å². The van der Waals surface area contributed by atoms with Crippen molar-refractivity contribution in [2.45, 2.75) is 53.4 Å². The van der Waals surface area contributed by atoms with E-state index in [1.807, 2.05) is 4.90 Å². The molecule has 1 aliphatic heterocycles. The summed E-state index contributed by atoms with van der Waals surface area (Å²) in [5.74, 6) is 0.117. The van der Waals surface area contributed by atoms with Crippen LogP contribution in [0, 0.1) is 16.7 Å². The van der Waals surface area contributed by atoms with Crippen LogP contribution in [-0.4, -0.2) is 47.5 Å². The molecule has 0 unspecified atom stereocenters. The minimum atomic E-state index is -0.713. The molecular weight excluding hydrogens is 392 g/mol. The first-order chi connectivity index (χ1) is 13.6. The highest BCUT2D eigenvalue weighted by atomic mass is 32.1. The second kappa shape index (κ2) is 7.93. The van der Waals surface area contributed by atoms with E-state index in [-0.39, 0.29) is 40.9 Å². The molecule has 1 aliphatic carbocycles. The van der Waals surface area contributed by atoms with Gasteiger partial charge in [0.05, 0.1) is 11.6 Å². The Hall–Kier alpha value is -2.16. The zero-order chi connectivity index (χ0) is 21.4. The molecule has 0 spiro atoms. The van der Waals surface area contributed by atoms with Gasteiger partial charge < -0.3 is 9.64 Å². The first-order valence-electron chi connectivity index (χ1n) is 10.1. The number of ether oxygens (including phenoxy) is 1. The smallest absolute Gasteiger partial charge is 0.426 e. The summed E-state index contributed by atoms with van der Waals surface area (Å²) in [5, 5.41) is 2.58. The summed E-state index contributed by atoms with van der Waals surface area (Å²) in [6, 6.07) is 0. The molecule has 3 rings (SSSR count). The van der Waals surface area contributed by atoms with Gasteiger partial charge in [0.2, 0.25) is 5.91 Å². The number of piperidine rings is 1. The van der Waals surface area contributed by atoms with Gasteiger partial charge >= 0.3 is 6.09 Å². The number of hydrogen-bond donors (Lipinski definition) is 2. The van der Waals surface area contributed by atoms with Crippen molar-refractivity contribution in [3.05, 3.63) is 16.1 Å². The standard InChI is InChI=1S/C20H30N4O4S/c1-6-28-18(27)23-22-15(25)13-11-29-16(21-13)12-7-9-24(10-8-12)17(26)14-19(2,3)20(14,4)5/h11-12,14H,6-10H2,1-5H3,(H,22,25)(H,23,27). The largest absolute Gasteiger partial charge is 0.449 e. The third-order valence-electron chi connectivity index (χ3n) is 6.73. The van der Waals surface area contributed by atoms with Crippen LogP contribution in [0.2, 0.25) is 0 Å². The van der Waals surface area contributed by atoms with Gasteiger partial charge in [0.25, 0.3) is 5.91 Å². The van der Waals surface area contributed by atoms with Gasteiger partial charge in [-0.2, -0.15) is 0 Å². The number of nitrogens with one attached hydrogen (secondary N) is 2. The molecule has 2 fully saturated rings. The fourth-order valence-electron chi connectivity index (χ4n) is 4.26. The van der Waals surface area contributed by atoms with Crippen molar-refractivity contribution in [1.82, 2.24) is 20.7 Å². The number of carbonyl (C=O) groups is 3. The molecule has 1 saturated carbocycles. The number of likely N-dealkylation sites (tertiary alicyclic amines) is 1. The number of amides is 3. The Morgan fingerprint density at radius 3 is 2.34 bits per heavy atom. The topological polar surface area (TPSA) is 101 Å². The molecule has 3 amide bonds. The number of carbonyl (C=O) groups excluding carboxylic acids is 3. The SMILES string of the molecule is CCOC(=O)NNC(=O)c1csc(C2CCN(C(=O)C3C(C)(C)C3(C)C)CC2)n1. The van der Waals surface area contributed by atoms with E-state index in [9.17, 15) is 14.4 Å². The molecule has 2 aliphatic rings. The van der Waals surface area contributed by atoms with Crippen LogP contribution in [-0.2, 0) is 9.53 Å². The molecule has 29 heavy (non-hydrogen) atoms. The van der Waals surface area contributed by atoms with Gasteiger partial charge in [-0.25, -0.2) is 15.2 Å². The molecule has 0 bridgehead atoms. The number of hydrogen-bond acceptors (Lipinski definition) is 6. The lowest BCUT2D eigenvalue weighted by atomic mass is 9.96. The summed E-state index contributed by atoms with van der Waals surface area (Å²) < 4.78 is 4.69. The highest BCUT2D eigenvalue weighted by molar-refractivity contribution is 7.09. The second-order valence-electron chi connectivity index (χ2n) is 8.85. The molecule has 8 nitrogen and oxygen atoms in total. The first kappa shape index (κ1) is 21.5. The number of nitrogens with zero attached hydrogens (tertiary/aromatic N) is 2. The lowest BCUT2D eigenvalue weighted by Crippen LogP contribution is -2.42. The van der Waals surface area contributed by atoms with Gasteiger partial charge in [-0.05, 0) is 30.6 Å². The van der Waals surface area contributed by atoms with Crippen LogP contribution in [0.4, 0.5) is 4.79 Å². The van der Waals surface area contributed by atoms with E-state index >= 15 is 0 Å². The molecule has 1 aromatic heterocycles. The second-order valence-corrected chi connectivity index (χ2v) is 9.74. The molecule has 9 heteroatoms. The van der Waals surface area contributed by atoms with Crippen molar-refractivity contribution in [2.24, 2.45) is 16.7 Å². The molecule has 0 atom stereocenters. The predicted molar refractivity (Wildman–Crippen MR) is 109 cm³/mol. The molecular formula is C20H30N4O4S. The van der Waals surface area contributed by atoms with Crippen LogP contribution in [0.25, 0.3) is 0 Å². The molecule has 1 saturated heterocycles. The quantitative estimate of drug-likeness (QED) is 0.727. The third kappa shape index (κ3) is 4.10. The van der Waals surface area contributed by atoms with Gasteiger partial charge in [0, 0.05) is 30.3 Å². The number of rotatable bonds is 4. The van der Waals surface area contributed by atoms with Gasteiger partial charge in [0.1, 0.15) is 5.69 Å².